The molecule has 0 aliphatic carbocycles. The summed E-state index contributed by atoms with van der Waals surface area (Å²) in [7, 11) is 0. The maximum atomic E-state index is 9.51. The lowest BCUT2D eigenvalue weighted by molar-refractivity contribution is 0.0404. The zero-order valence-electron chi connectivity index (χ0n) is 11.7. The topological polar surface area (TPSA) is 44.7 Å². The van der Waals surface area contributed by atoms with E-state index < -0.39 is 0 Å². The molecule has 2 atom stereocenters. The molecule has 2 N–H and O–H groups in total. The highest BCUT2D eigenvalue weighted by molar-refractivity contribution is 4.91. The number of nitrogens with one attached hydrogen (secondary N) is 1. The number of aliphatic hydroxyl groups is 1. The Bertz CT molecular complexity index is 242. The minimum Gasteiger partial charge on any atom is -0.395 e. The van der Waals surface area contributed by atoms with Gasteiger partial charge in [0.1, 0.15) is 0 Å². The van der Waals surface area contributed by atoms with Crippen molar-refractivity contribution in [2.75, 3.05) is 46.0 Å². The minimum absolute atomic E-state index is 0.265. The second-order valence-corrected chi connectivity index (χ2v) is 5.89. The summed E-state index contributed by atoms with van der Waals surface area (Å²) in [6.07, 6.45) is 4.83. The van der Waals surface area contributed by atoms with Crippen LogP contribution in [-0.2, 0) is 4.74 Å². The highest BCUT2D eigenvalue weighted by atomic mass is 16.5. The van der Waals surface area contributed by atoms with Gasteiger partial charge in [0.15, 0.2) is 0 Å². The van der Waals surface area contributed by atoms with E-state index in [1.165, 1.54) is 12.8 Å². The number of rotatable bonds is 6. The molecule has 0 aromatic rings. The molecule has 2 aliphatic heterocycles. The SMILES string of the molecule is CCNCC1(CN2CCCCC2CO)CCOC1. The first kappa shape index (κ1) is 14.3. The maximum Gasteiger partial charge on any atom is 0.0586 e. The number of hydrogen-bond acceptors (Lipinski definition) is 4. The molecule has 0 saturated carbocycles. The second kappa shape index (κ2) is 6.85. The Morgan fingerprint density at radius 1 is 1.44 bits per heavy atom. The fraction of sp³-hybridized carbons (Fsp3) is 1.00. The van der Waals surface area contributed by atoms with Crippen LogP contribution in [0.15, 0.2) is 0 Å². The van der Waals surface area contributed by atoms with E-state index in [1.807, 2.05) is 0 Å². The van der Waals surface area contributed by atoms with E-state index in [0.717, 1.165) is 52.2 Å². The van der Waals surface area contributed by atoms with Gasteiger partial charge in [0.25, 0.3) is 0 Å². The molecule has 0 amide bonds. The van der Waals surface area contributed by atoms with Crippen molar-refractivity contribution in [3.05, 3.63) is 0 Å². The van der Waals surface area contributed by atoms with Crippen LogP contribution in [0, 0.1) is 5.41 Å². The van der Waals surface area contributed by atoms with Crippen molar-refractivity contribution in [2.24, 2.45) is 5.41 Å². The van der Waals surface area contributed by atoms with Gasteiger partial charge in [-0.15, -0.1) is 0 Å². The molecule has 2 aliphatic rings. The summed E-state index contributed by atoms with van der Waals surface area (Å²) in [6, 6.07) is 0.373. The zero-order chi connectivity index (χ0) is 12.8. The molecule has 0 spiro atoms. The first-order valence-electron chi connectivity index (χ1n) is 7.43. The van der Waals surface area contributed by atoms with Crippen molar-refractivity contribution in [3.63, 3.8) is 0 Å². The fourth-order valence-electron chi connectivity index (χ4n) is 3.27. The quantitative estimate of drug-likeness (QED) is 0.739. The van der Waals surface area contributed by atoms with Gasteiger partial charge in [0.05, 0.1) is 13.2 Å². The van der Waals surface area contributed by atoms with Gasteiger partial charge >= 0.3 is 0 Å². The maximum absolute atomic E-state index is 9.51. The average molecular weight is 256 g/mol. The van der Waals surface area contributed by atoms with Crippen LogP contribution in [0.1, 0.15) is 32.6 Å². The molecule has 18 heavy (non-hydrogen) atoms. The molecule has 2 heterocycles. The predicted molar refractivity (Wildman–Crippen MR) is 72.7 cm³/mol. The van der Waals surface area contributed by atoms with Gasteiger partial charge in [0, 0.05) is 31.2 Å². The summed E-state index contributed by atoms with van der Waals surface area (Å²) in [6.45, 7) is 8.49. The molecule has 2 saturated heterocycles. The minimum atomic E-state index is 0.265. The Kier molecular flexibility index (Phi) is 5.42. The van der Waals surface area contributed by atoms with Gasteiger partial charge in [-0.1, -0.05) is 13.3 Å². The summed E-state index contributed by atoms with van der Waals surface area (Å²) in [5.74, 6) is 0. The van der Waals surface area contributed by atoms with Crippen molar-refractivity contribution in [1.29, 1.82) is 0 Å². The van der Waals surface area contributed by atoms with Crippen LogP contribution < -0.4 is 5.32 Å². The highest BCUT2D eigenvalue weighted by Crippen LogP contribution is 2.31. The molecular formula is C14H28N2O2. The molecule has 4 nitrogen and oxygen atoms in total. The van der Waals surface area contributed by atoms with Crippen LogP contribution in [0.2, 0.25) is 0 Å². The van der Waals surface area contributed by atoms with E-state index in [4.69, 9.17) is 4.74 Å². The largest absolute Gasteiger partial charge is 0.395 e. The molecule has 4 heteroatoms. The van der Waals surface area contributed by atoms with Gasteiger partial charge in [-0.05, 0) is 32.4 Å². The van der Waals surface area contributed by atoms with Crippen LogP contribution in [0.25, 0.3) is 0 Å². The average Bonchev–Trinajstić information content (AvgIpc) is 2.86. The number of piperidine rings is 1. The van der Waals surface area contributed by atoms with Crippen molar-refractivity contribution in [2.45, 2.75) is 38.6 Å². The van der Waals surface area contributed by atoms with E-state index in [0.29, 0.717) is 12.6 Å². The molecule has 0 radical (unpaired) electrons. The molecule has 0 bridgehead atoms. The van der Waals surface area contributed by atoms with Gasteiger partial charge in [-0.3, -0.25) is 4.90 Å². The third-order valence-corrected chi connectivity index (χ3v) is 4.43. The van der Waals surface area contributed by atoms with Crippen LogP contribution in [0.5, 0.6) is 0 Å². The van der Waals surface area contributed by atoms with Crippen molar-refractivity contribution in [1.82, 2.24) is 10.2 Å². The Labute approximate surface area is 111 Å². The normalized spacial score (nSPS) is 34.0. The predicted octanol–water partition coefficient (Wildman–Crippen LogP) is 0.849. The summed E-state index contributed by atoms with van der Waals surface area (Å²) in [5.41, 5.74) is 0.265. The third kappa shape index (κ3) is 3.44. The smallest absolute Gasteiger partial charge is 0.0586 e. The van der Waals surface area contributed by atoms with Gasteiger partial charge in [0.2, 0.25) is 0 Å². The van der Waals surface area contributed by atoms with E-state index in [2.05, 4.69) is 17.1 Å². The van der Waals surface area contributed by atoms with E-state index in [-0.39, 0.29) is 5.41 Å². The lowest BCUT2D eigenvalue weighted by atomic mass is 9.85. The molecular weight excluding hydrogens is 228 g/mol. The summed E-state index contributed by atoms with van der Waals surface area (Å²) < 4.78 is 5.64. The van der Waals surface area contributed by atoms with Crippen LogP contribution >= 0.6 is 0 Å². The van der Waals surface area contributed by atoms with Gasteiger partial charge in [-0.2, -0.15) is 0 Å². The number of ether oxygens (including phenoxy) is 1. The first-order valence-corrected chi connectivity index (χ1v) is 7.43. The van der Waals surface area contributed by atoms with Crippen LogP contribution in [0.4, 0.5) is 0 Å². The standard InChI is InChI=1S/C14H28N2O2/c1-2-15-10-14(6-8-18-12-14)11-16-7-4-3-5-13(16)9-17/h13,15,17H,2-12H2,1H3. The number of likely N-dealkylation sites (tertiary alicyclic amines) is 1. The van der Waals surface area contributed by atoms with Gasteiger partial charge < -0.3 is 15.2 Å². The third-order valence-electron chi connectivity index (χ3n) is 4.43. The fourth-order valence-corrected chi connectivity index (χ4v) is 3.27. The van der Waals surface area contributed by atoms with E-state index >= 15 is 0 Å². The highest BCUT2D eigenvalue weighted by Gasteiger charge is 2.38. The van der Waals surface area contributed by atoms with E-state index in [9.17, 15) is 5.11 Å². The molecule has 0 aromatic heterocycles. The Morgan fingerprint density at radius 2 is 2.33 bits per heavy atom. The number of hydrogen-bond donors (Lipinski definition) is 2. The molecule has 2 fully saturated rings. The molecule has 2 rings (SSSR count). The summed E-state index contributed by atoms with van der Waals surface area (Å²) >= 11 is 0. The van der Waals surface area contributed by atoms with Crippen molar-refractivity contribution < 1.29 is 9.84 Å². The zero-order valence-corrected chi connectivity index (χ0v) is 11.7. The monoisotopic (exact) mass is 256 g/mol. The Hall–Kier alpha value is -0.160. The molecule has 0 aromatic carbocycles. The Morgan fingerprint density at radius 3 is 3.00 bits per heavy atom. The second-order valence-electron chi connectivity index (χ2n) is 5.89. The molecule has 106 valence electrons. The van der Waals surface area contributed by atoms with Crippen molar-refractivity contribution in [3.8, 4) is 0 Å². The Balaban J connectivity index is 1.94. The lowest BCUT2D eigenvalue weighted by Gasteiger charge is -2.40. The van der Waals surface area contributed by atoms with E-state index in [1.54, 1.807) is 0 Å². The lowest BCUT2D eigenvalue weighted by Crippen LogP contribution is -2.51. The van der Waals surface area contributed by atoms with Crippen LogP contribution in [0.3, 0.4) is 0 Å². The summed E-state index contributed by atoms with van der Waals surface area (Å²) in [4.78, 5) is 2.50. The van der Waals surface area contributed by atoms with Gasteiger partial charge in [-0.25, -0.2) is 0 Å². The van der Waals surface area contributed by atoms with Crippen molar-refractivity contribution >= 4 is 0 Å². The first-order chi connectivity index (χ1) is 8.79. The van der Waals surface area contributed by atoms with Crippen LogP contribution in [-0.4, -0.2) is 62.0 Å². The number of aliphatic hydroxyl groups excluding tert-OH is 1. The summed E-state index contributed by atoms with van der Waals surface area (Å²) in [5, 5.41) is 13.0. The molecule has 2 unspecified atom stereocenters. The number of nitrogens with zero attached hydrogens (tertiary/aromatic N) is 1.